The van der Waals surface area contributed by atoms with Crippen LogP contribution in [0.4, 0.5) is 20.6 Å². The maximum atomic E-state index is 13.1. The van der Waals surface area contributed by atoms with Crippen LogP contribution in [0.1, 0.15) is 17.3 Å². The number of nitrogens with zero attached hydrogens (tertiary/aromatic N) is 2. The van der Waals surface area contributed by atoms with Crippen molar-refractivity contribution in [3.05, 3.63) is 59.9 Å². The summed E-state index contributed by atoms with van der Waals surface area (Å²) in [7, 11) is 0. The van der Waals surface area contributed by atoms with Crippen molar-refractivity contribution in [1.29, 1.82) is 0 Å². The van der Waals surface area contributed by atoms with Gasteiger partial charge in [-0.05, 0) is 55.5 Å². The van der Waals surface area contributed by atoms with Gasteiger partial charge in [0.2, 0.25) is 11.8 Å². The molecule has 1 atom stereocenters. The van der Waals surface area contributed by atoms with Gasteiger partial charge in [0.1, 0.15) is 11.9 Å². The highest BCUT2D eigenvalue weighted by molar-refractivity contribution is 5.97. The molecule has 1 heterocycles. The zero-order valence-corrected chi connectivity index (χ0v) is 16.6. The van der Waals surface area contributed by atoms with Crippen molar-refractivity contribution < 1.29 is 18.8 Å². The Morgan fingerprint density at radius 1 is 0.967 bits per heavy atom. The van der Waals surface area contributed by atoms with Crippen LogP contribution in [0.15, 0.2) is 48.5 Å². The van der Waals surface area contributed by atoms with E-state index < -0.39 is 11.9 Å². The number of carbonyl (C=O) groups is 3. The van der Waals surface area contributed by atoms with Gasteiger partial charge in [-0.1, -0.05) is 0 Å². The molecule has 0 spiro atoms. The van der Waals surface area contributed by atoms with E-state index in [1.54, 1.807) is 36.1 Å². The molecule has 8 nitrogen and oxygen atoms in total. The van der Waals surface area contributed by atoms with Gasteiger partial charge in [0.25, 0.3) is 0 Å². The Kier molecular flexibility index (Phi) is 6.51. The van der Waals surface area contributed by atoms with E-state index >= 15 is 0 Å². The van der Waals surface area contributed by atoms with E-state index in [4.69, 9.17) is 5.73 Å². The first-order valence-corrected chi connectivity index (χ1v) is 9.60. The lowest BCUT2D eigenvalue weighted by Gasteiger charge is -2.36. The molecule has 1 saturated heterocycles. The highest BCUT2D eigenvalue weighted by Crippen LogP contribution is 2.17. The van der Waals surface area contributed by atoms with Gasteiger partial charge in [0.15, 0.2) is 0 Å². The van der Waals surface area contributed by atoms with Gasteiger partial charge < -0.3 is 26.2 Å². The largest absolute Gasteiger partial charge is 0.368 e. The monoisotopic (exact) mass is 413 g/mol. The molecule has 2 aromatic carbocycles. The Balaban J connectivity index is 1.47. The fourth-order valence-electron chi connectivity index (χ4n) is 3.13. The number of anilines is 2. The summed E-state index contributed by atoms with van der Waals surface area (Å²) in [6, 6.07) is 11.4. The number of amides is 4. The molecule has 30 heavy (non-hydrogen) atoms. The molecule has 3 rings (SSSR count). The average molecular weight is 413 g/mol. The summed E-state index contributed by atoms with van der Waals surface area (Å²) in [6.07, 6.45) is 0. The van der Waals surface area contributed by atoms with E-state index in [9.17, 15) is 18.8 Å². The van der Waals surface area contributed by atoms with Crippen molar-refractivity contribution in [2.75, 3.05) is 36.4 Å². The third-order valence-corrected chi connectivity index (χ3v) is 4.93. The number of hydrogen-bond donors (Lipinski definition) is 3. The van der Waals surface area contributed by atoms with Crippen LogP contribution >= 0.6 is 0 Å². The molecule has 1 fully saturated rings. The number of rotatable bonds is 5. The van der Waals surface area contributed by atoms with Crippen LogP contribution in [0.2, 0.25) is 0 Å². The Hall–Kier alpha value is -3.62. The minimum atomic E-state index is -0.747. The van der Waals surface area contributed by atoms with Gasteiger partial charge in [-0.15, -0.1) is 0 Å². The van der Waals surface area contributed by atoms with Gasteiger partial charge in [-0.2, -0.15) is 0 Å². The molecule has 158 valence electrons. The predicted octanol–water partition coefficient (Wildman–Crippen LogP) is 1.78. The lowest BCUT2D eigenvalue weighted by atomic mass is 10.2. The molecule has 1 unspecified atom stereocenters. The van der Waals surface area contributed by atoms with E-state index in [0.717, 1.165) is 5.69 Å². The number of nitrogens with one attached hydrogen (secondary N) is 2. The molecule has 0 aliphatic carbocycles. The molecule has 0 radical (unpaired) electrons. The lowest BCUT2D eigenvalue weighted by molar-refractivity contribution is -0.117. The van der Waals surface area contributed by atoms with Gasteiger partial charge in [0.05, 0.1) is 0 Å². The minimum absolute atomic E-state index is 0.284. The zero-order chi connectivity index (χ0) is 21.7. The number of hydrogen-bond acceptors (Lipinski definition) is 4. The number of benzene rings is 2. The summed E-state index contributed by atoms with van der Waals surface area (Å²) in [4.78, 5) is 39.6. The highest BCUT2D eigenvalue weighted by atomic mass is 19.1. The van der Waals surface area contributed by atoms with E-state index in [2.05, 4.69) is 15.5 Å². The topological polar surface area (TPSA) is 108 Å². The first-order valence-electron chi connectivity index (χ1n) is 9.60. The second-order valence-corrected chi connectivity index (χ2v) is 7.05. The first kappa shape index (κ1) is 21.1. The van der Waals surface area contributed by atoms with Crippen molar-refractivity contribution in [2.45, 2.75) is 13.0 Å². The van der Waals surface area contributed by atoms with Gasteiger partial charge >= 0.3 is 6.03 Å². The third kappa shape index (κ3) is 5.25. The molecular formula is C21H24FN5O3. The minimum Gasteiger partial charge on any atom is -0.368 e. The normalized spacial score (nSPS) is 14.7. The first-order chi connectivity index (χ1) is 14.3. The molecule has 1 aliphatic rings. The van der Waals surface area contributed by atoms with Crippen molar-refractivity contribution in [3.63, 3.8) is 0 Å². The molecular weight excluding hydrogens is 389 g/mol. The Labute approximate surface area is 173 Å². The van der Waals surface area contributed by atoms with Crippen LogP contribution in [0.3, 0.4) is 0 Å². The Bertz CT molecular complexity index is 909. The van der Waals surface area contributed by atoms with Crippen LogP contribution in [-0.2, 0) is 4.79 Å². The fourth-order valence-corrected chi connectivity index (χ4v) is 3.13. The maximum absolute atomic E-state index is 13.1. The summed E-state index contributed by atoms with van der Waals surface area (Å²) in [6.45, 7) is 3.82. The van der Waals surface area contributed by atoms with Crippen LogP contribution in [0, 0.1) is 5.82 Å². The standard InChI is InChI=1S/C21H24FN5O3/c1-14(20(29)25-17-6-2-15(3-7-17)19(23)28)24-21(30)27-12-10-26(11-13-27)18-8-4-16(22)5-9-18/h2-9,14H,10-13H2,1H3,(H2,23,28)(H,24,30)(H,25,29). The van der Waals surface area contributed by atoms with E-state index in [1.807, 2.05) is 0 Å². The number of nitrogens with two attached hydrogens (primary N) is 1. The van der Waals surface area contributed by atoms with Crippen LogP contribution in [-0.4, -0.2) is 55.0 Å². The van der Waals surface area contributed by atoms with Gasteiger partial charge in [0, 0.05) is 43.1 Å². The molecule has 2 aromatic rings. The van der Waals surface area contributed by atoms with Crippen LogP contribution < -0.4 is 21.3 Å². The van der Waals surface area contributed by atoms with Crippen molar-refractivity contribution >= 4 is 29.2 Å². The Morgan fingerprint density at radius 3 is 2.13 bits per heavy atom. The van der Waals surface area contributed by atoms with Gasteiger partial charge in [-0.3, -0.25) is 9.59 Å². The second-order valence-electron chi connectivity index (χ2n) is 7.05. The van der Waals surface area contributed by atoms with E-state index in [-0.39, 0.29) is 17.8 Å². The number of primary amides is 1. The average Bonchev–Trinajstić information content (AvgIpc) is 2.74. The number of urea groups is 1. The third-order valence-electron chi connectivity index (χ3n) is 4.93. The maximum Gasteiger partial charge on any atom is 0.318 e. The number of carbonyl (C=O) groups excluding carboxylic acids is 3. The van der Waals surface area contributed by atoms with E-state index in [1.165, 1.54) is 24.3 Å². The highest BCUT2D eigenvalue weighted by Gasteiger charge is 2.24. The molecule has 0 aromatic heterocycles. The predicted molar refractivity (Wildman–Crippen MR) is 112 cm³/mol. The summed E-state index contributed by atoms with van der Waals surface area (Å²) in [5, 5.41) is 5.38. The molecule has 4 N–H and O–H groups in total. The van der Waals surface area contributed by atoms with Crippen LogP contribution in [0.5, 0.6) is 0 Å². The SMILES string of the molecule is CC(NC(=O)N1CCN(c2ccc(F)cc2)CC1)C(=O)Nc1ccc(C(N)=O)cc1. The molecule has 9 heteroatoms. The van der Waals surface area contributed by atoms with Crippen molar-refractivity contribution in [3.8, 4) is 0 Å². The number of halogens is 1. The lowest BCUT2D eigenvalue weighted by Crippen LogP contribution is -2.54. The van der Waals surface area contributed by atoms with E-state index in [0.29, 0.717) is 37.4 Å². The summed E-state index contributed by atoms with van der Waals surface area (Å²) in [5.74, 6) is -1.21. The number of piperazine rings is 1. The molecule has 4 amide bonds. The second kappa shape index (κ2) is 9.25. The van der Waals surface area contributed by atoms with Crippen LogP contribution in [0.25, 0.3) is 0 Å². The fraction of sp³-hybridized carbons (Fsp3) is 0.286. The van der Waals surface area contributed by atoms with Gasteiger partial charge in [-0.25, -0.2) is 9.18 Å². The molecule has 0 saturated carbocycles. The zero-order valence-electron chi connectivity index (χ0n) is 16.6. The summed E-state index contributed by atoms with van der Waals surface area (Å²) < 4.78 is 13.1. The summed E-state index contributed by atoms with van der Waals surface area (Å²) in [5.41, 5.74) is 6.94. The Morgan fingerprint density at radius 2 is 1.57 bits per heavy atom. The summed E-state index contributed by atoms with van der Waals surface area (Å²) >= 11 is 0. The van der Waals surface area contributed by atoms with Crippen molar-refractivity contribution in [1.82, 2.24) is 10.2 Å². The molecule has 0 bridgehead atoms. The smallest absolute Gasteiger partial charge is 0.318 e. The van der Waals surface area contributed by atoms with Crippen molar-refractivity contribution in [2.24, 2.45) is 5.73 Å². The molecule has 1 aliphatic heterocycles. The quantitative estimate of drug-likeness (QED) is 0.694.